The number of nitrogens with two attached hydrogens (primary N) is 1. The van der Waals surface area contributed by atoms with Gasteiger partial charge in [-0.15, -0.1) is 12.4 Å². The van der Waals surface area contributed by atoms with Crippen molar-refractivity contribution in [3.63, 3.8) is 0 Å². The van der Waals surface area contributed by atoms with E-state index in [0.29, 0.717) is 3.57 Å². The summed E-state index contributed by atoms with van der Waals surface area (Å²) in [6, 6.07) is 3.14. The van der Waals surface area contributed by atoms with Gasteiger partial charge >= 0.3 is 6.18 Å². The molecular weight excluding hydrogens is 343 g/mol. The zero-order valence-electron chi connectivity index (χ0n) is 7.23. The molecule has 0 heterocycles. The monoisotopic (exact) mass is 350 g/mol. The van der Waals surface area contributed by atoms with Gasteiger partial charge in [-0.25, -0.2) is 0 Å². The van der Waals surface area contributed by atoms with Crippen LogP contribution in [0.4, 0.5) is 13.2 Å². The average molecular weight is 351 g/mol. The Balaban J connectivity index is 0.00000196. The third-order valence-corrected chi connectivity index (χ3v) is 2.52. The molecule has 0 aliphatic rings. The predicted octanol–water partition coefficient (Wildman–Crippen LogP) is 3.02. The van der Waals surface area contributed by atoms with E-state index in [2.05, 4.69) is 0 Å². The lowest BCUT2D eigenvalue weighted by Gasteiger charge is -2.09. The zero-order chi connectivity index (χ0) is 10.9. The normalized spacial score (nSPS) is 10.7. The summed E-state index contributed by atoms with van der Waals surface area (Å²) in [6.07, 6.45) is -4.39. The van der Waals surface area contributed by atoms with Crippen molar-refractivity contribution in [1.29, 1.82) is 5.41 Å². The van der Waals surface area contributed by atoms with E-state index in [-0.39, 0.29) is 23.8 Å². The van der Waals surface area contributed by atoms with Gasteiger partial charge in [-0.2, -0.15) is 13.2 Å². The van der Waals surface area contributed by atoms with Crippen molar-refractivity contribution in [2.75, 3.05) is 0 Å². The fourth-order valence-electron chi connectivity index (χ4n) is 0.908. The first-order valence-electron chi connectivity index (χ1n) is 3.53. The maximum atomic E-state index is 12.2. The van der Waals surface area contributed by atoms with Gasteiger partial charge in [0.25, 0.3) is 0 Å². The molecule has 7 heteroatoms. The van der Waals surface area contributed by atoms with Crippen LogP contribution in [0, 0.1) is 8.98 Å². The van der Waals surface area contributed by atoms with Gasteiger partial charge in [0.15, 0.2) is 0 Å². The first kappa shape index (κ1) is 14.5. The standard InChI is InChI=1S/C8H6F3IN2.ClH/c9-8(10,11)4-1-2-6(12)5(3-4)7(13)14;/h1-3H,(H3,13,14);1H. The number of hydrogen-bond acceptors (Lipinski definition) is 1. The summed E-state index contributed by atoms with van der Waals surface area (Å²) in [6.45, 7) is 0. The summed E-state index contributed by atoms with van der Waals surface area (Å²) >= 11 is 1.83. The van der Waals surface area contributed by atoms with Crippen LogP contribution in [-0.4, -0.2) is 5.84 Å². The van der Waals surface area contributed by atoms with E-state index in [1.54, 1.807) is 0 Å². The van der Waals surface area contributed by atoms with E-state index in [0.717, 1.165) is 12.1 Å². The molecule has 15 heavy (non-hydrogen) atoms. The summed E-state index contributed by atoms with van der Waals surface area (Å²) in [5.41, 5.74) is 4.46. The molecule has 0 radical (unpaired) electrons. The molecule has 1 aromatic rings. The van der Waals surface area contributed by atoms with Crippen LogP contribution in [0.5, 0.6) is 0 Å². The number of rotatable bonds is 1. The van der Waals surface area contributed by atoms with E-state index in [1.165, 1.54) is 6.07 Å². The number of amidine groups is 1. The van der Waals surface area contributed by atoms with Gasteiger partial charge in [-0.1, -0.05) is 0 Å². The predicted molar refractivity (Wildman–Crippen MR) is 62.4 cm³/mol. The molecular formula is C8H7ClF3IN2. The van der Waals surface area contributed by atoms with Gasteiger partial charge in [0.1, 0.15) is 5.84 Å². The van der Waals surface area contributed by atoms with E-state index >= 15 is 0 Å². The molecule has 2 nitrogen and oxygen atoms in total. The molecule has 0 fully saturated rings. The van der Waals surface area contributed by atoms with Gasteiger partial charge in [0.2, 0.25) is 0 Å². The molecule has 84 valence electrons. The summed E-state index contributed by atoms with van der Waals surface area (Å²) in [5, 5.41) is 7.08. The van der Waals surface area contributed by atoms with Crippen LogP contribution >= 0.6 is 35.0 Å². The Morgan fingerprint density at radius 3 is 2.27 bits per heavy atom. The Kier molecular flexibility index (Phi) is 4.85. The number of nitrogens with one attached hydrogen (secondary N) is 1. The molecule has 1 aromatic carbocycles. The van der Waals surface area contributed by atoms with Gasteiger partial charge in [0.05, 0.1) is 5.56 Å². The topological polar surface area (TPSA) is 49.9 Å². The average Bonchev–Trinajstić information content (AvgIpc) is 2.02. The van der Waals surface area contributed by atoms with Gasteiger partial charge in [-0.05, 0) is 40.8 Å². The second kappa shape index (κ2) is 5.02. The van der Waals surface area contributed by atoms with Gasteiger partial charge in [-0.3, -0.25) is 5.41 Å². The molecule has 0 spiro atoms. The van der Waals surface area contributed by atoms with E-state index in [1.807, 2.05) is 22.6 Å². The highest BCUT2D eigenvalue weighted by Crippen LogP contribution is 2.30. The molecule has 0 aliphatic heterocycles. The molecule has 1 rings (SSSR count). The Labute approximate surface area is 104 Å². The highest BCUT2D eigenvalue weighted by Gasteiger charge is 2.31. The van der Waals surface area contributed by atoms with Crippen molar-refractivity contribution < 1.29 is 13.2 Å². The van der Waals surface area contributed by atoms with E-state index in [4.69, 9.17) is 11.1 Å². The number of alkyl halides is 3. The zero-order valence-corrected chi connectivity index (χ0v) is 10.2. The summed E-state index contributed by atoms with van der Waals surface area (Å²) in [7, 11) is 0. The van der Waals surface area contributed by atoms with Crippen LogP contribution in [0.3, 0.4) is 0 Å². The Hall–Kier alpha value is -0.500. The summed E-state index contributed by atoms with van der Waals surface area (Å²) in [5.74, 6) is -0.361. The smallest absolute Gasteiger partial charge is 0.384 e. The van der Waals surface area contributed by atoms with Gasteiger partial charge in [0, 0.05) is 9.13 Å². The van der Waals surface area contributed by atoms with Crippen molar-refractivity contribution in [1.82, 2.24) is 0 Å². The minimum Gasteiger partial charge on any atom is -0.384 e. The molecule has 3 N–H and O–H groups in total. The summed E-state index contributed by atoms with van der Waals surface area (Å²) < 4.78 is 37.3. The molecule has 0 saturated heterocycles. The molecule has 0 unspecified atom stereocenters. The number of nitrogen functional groups attached to an aromatic ring is 1. The molecule has 0 bridgehead atoms. The van der Waals surface area contributed by atoms with Crippen LogP contribution in [0.2, 0.25) is 0 Å². The van der Waals surface area contributed by atoms with Gasteiger partial charge < -0.3 is 5.73 Å². The van der Waals surface area contributed by atoms with E-state index < -0.39 is 11.7 Å². The number of halogens is 5. The van der Waals surface area contributed by atoms with Crippen molar-refractivity contribution in [3.05, 3.63) is 32.9 Å². The number of hydrogen-bond donors (Lipinski definition) is 2. The molecule has 0 aromatic heterocycles. The second-order valence-corrected chi connectivity index (χ2v) is 3.77. The van der Waals surface area contributed by atoms with E-state index in [9.17, 15) is 13.2 Å². The largest absolute Gasteiger partial charge is 0.416 e. The maximum Gasteiger partial charge on any atom is 0.416 e. The Bertz CT molecular complexity index is 379. The Morgan fingerprint density at radius 1 is 1.33 bits per heavy atom. The molecule has 0 amide bonds. The van der Waals surface area contributed by atoms with Crippen LogP contribution in [0.15, 0.2) is 18.2 Å². The lowest BCUT2D eigenvalue weighted by molar-refractivity contribution is -0.137. The van der Waals surface area contributed by atoms with Crippen molar-refractivity contribution >= 4 is 40.8 Å². The van der Waals surface area contributed by atoms with Crippen molar-refractivity contribution in [2.24, 2.45) is 5.73 Å². The fourth-order valence-corrected chi connectivity index (χ4v) is 1.53. The van der Waals surface area contributed by atoms with Crippen LogP contribution < -0.4 is 5.73 Å². The third kappa shape index (κ3) is 3.53. The molecule has 0 atom stereocenters. The highest BCUT2D eigenvalue weighted by atomic mass is 127. The summed E-state index contributed by atoms with van der Waals surface area (Å²) in [4.78, 5) is 0. The minimum atomic E-state index is -4.39. The van der Waals surface area contributed by atoms with Crippen LogP contribution in [0.1, 0.15) is 11.1 Å². The lowest BCUT2D eigenvalue weighted by atomic mass is 10.1. The first-order valence-corrected chi connectivity index (χ1v) is 4.61. The molecule has 0 aliphatic carbocycles. The lowest BCUT2D eigenvalue weighted by Crippen LogP contribution is -2.15. The van der Waals surface area contributed by atoms with Crippen LogP contribution in [0.25, 0.3) is 0 Å². The fraction of sp³-hybridized carbons (Fsp3) is 0.125. The highest BCUT2D eigenvalue weighted by molar-refractivity contribution is 14.1. The quantitative estimate of drug-likeness (QED) is 0.457. The maximum absolute atomic E-state index is 12.2. The van der Waals surface area contributed by atoms with Crippen molar-refractivity contribution in [2.45, 2.75) is 6.18 Å². The minimum absolute atomic E-state index is 0. The van der Waals surface area contributed by atoms with Crippen molar-refractivity contribution in [3.8, 4) is 0 Å². The van der Waals surface area contributed by atoms with Crippen LogP contribution in [-0.2, 0) is 6.18 Å². The number of benzene rings is 1. The third-order valence-electron chi connectivity index (χ3n) is 1.58. The molecule has 0 saturated carbocycles. The Morgan fingerprint density at radius 2 is 1.87 bits per heavy atom. The SMILES string of the molecule is Cl.N=C(N)c1cc(C(F)(F)F)ccc1I. The first-order chi connectivity index (χ1) is 6.32. The second-order valence-electron chi connectivity index (χ2n) is 2.61.